The summed E-state index contributed by atoms with van der Waals surface area (Å²) in [5.74, 6) is 1.78. The first kappa shape index (κ1) is 17.9. The molecule has 2 aromatic carbocycles. The standard InChI is InChI=1S/C17H20O2S.N2/c1-4-18-14-8-11-16(19-5-2)17(12-14)20-15-9-6-13(3)7-10-15;1-2/h6-12H,4-5H2,1-3H3;/p+1. The monoisotopic (exact) mass is 317 g/mol. The summed E-state index contributed by atoms with van der Waals surface area (Å²) < 4.78 is 11.3. The lowest BCUT2D eigenvalue weighted by molar-refractivity contribution is -0.175. The first-order valence-electron chi connectivity index (χ1n) is 7.09. The van der Waals surface area contributed by atoms with Crippen LogP contribution in [-0.2, 0) is 0 Å². The Bertz CT molecular complexity index is 597. The molecule has 2 aromatic rings. The third-order valence-electron chi connectivity index (χ3n) is 2.77. The van der Waals surface area contributed by atoms with Crippen LogP contribution in [0.15, 0.2) is 52.3 Å². The molecule has 0 unspecified atom stereocenters. The van der Waals surface area contributed by atoms with Crippen molar-refractivity contribution < 1.29 is 14.9 Å². The molecule has 0 atom stereocenters. The van der Waals surface area contributed by atoms with E-state index in [1.165, 1.54) is 10.5 Å². The largest absolute Gasteiger partial charge is 0.494 e. The predicted octanol–water partition coefficient (Wildman–Crippen LogP) is 3.22. The first-order valence-corrected chi connectivity index (χ1v) is 7.91. The summed E-state index contributed by atoms with van der Waals surface area (Å²) in [6, 6.07) is 14.5. The quantitative estimate of drug-likeness (QED) is 0.831. The van der Waals surface area contributed by atoms with Crippen LogP contribution in [0.5, 0.6) is 11.5 Å². The van der Waals surface area contributed by atoms with Crippen molar-refractivity contribution >= 4 is 11.8 Å². The Balaban J connectivity index is 0.00000116. The van der Waals surface area contributed by atoms with Crippen molar-refractivity contribution in [2.45, 2.75) is 30.6 Å². The van der Waals surface area contributed by atoms with Crippen LogP contribution in [0.4, 0.5) is 0 Å². The van der Waals surface area contributed by atoms with E-state index in [0.29, 0.717) is 13.2 Å². The van der Waals surface area contributed by atoms with E-state index in [-0.39, 0.29) is 0 Å². The Hall–Kier alpha value is -2.19. The number of hydrogen-bond acceptors (Lipinski definition) is 4. The van der Waals surface area contributed by atoms with Gasteiger partial charge in [0.1, 0.15) is 11.5 Å². The van der Waals surface area contributed by atoms with E-state index in [4.69, 9.17) is 20.3 Å². The van der Waals surface area contributed by atoms with Crippen LogP contribution in [0, 0.1) is 12.3 Å². The Kier molecular flexibility index (Phi) is 7.87. The summed E-state index contributed by atoms with van der Waals surface area (Å²) in [6.07, 6.45) is 0. The maximum atomic E-state index is 6.25. The predicted molar refractivity (Wildman–Crippen MR) is 86.8 cm³/mol. The van der Waals surface area contributed by atoms with Crippen LogP contribution in [0.25, 0.3) is 0 Å². The van der Waals surface area contributed by atoms with E-state index in [9.17, 15) is 0 Å². The number of diazo groups is 1. The van der Waals surface area contributed by atoms with Gasteiger partial charge in [0.15, 0.2) is 0 Å². The summed E-state index contributed by atoms with van der Waals surface area (Å²) in [6.45, 7) is 7.41. The molecule has 0 spiro atoms. The van der Waals surface area contributed by atoms with Crippen LogP contribution in [-0.4, -0.2) is 13.2 Å². The van der Waals surface area contributed by atoms with Crippen molar-refractivity contribution in [3.8, 4) is 11.5 Å². The second-order valence-corrected chi connectivity index (χ2v) is 5.51. The molecule has 0 amide bonds. The second kappa shape index (κ2) is 9.69. The second-order valence-electron chi connectivity index (χ2n) is 4.39. The molecule has 0 radical (unpaired) electrons. The lowest BCUT2D eigenvalue weighted by Crippen LogP contribution is -2.11. The van der Waals surface area contributed by atoms with E-state index in [1.807, 2.05) is 32.0 Å². The average molecular weight is 317 g/mol. The fraction of sp³-hybridized carbons (Fsp3) is 0.294. The van der Waals surface area contributed by atoms with Crippen LogP contribution in [0.1, 0.15) is 19.4 Å². The number of nitrogens with zero attached hydrogens (tertiary/aromatic N) is 1. The highest BCUT2D eigenvalue weighted by molar-refractivity contribution is 7.99. The van der Waals surface area contributed by atoms with Crippen molar-refractivity contribution in [2.24, 2.45) is 0 Å². The molecule has 5 heteroatoms. The van der Waals surface area contributed by atoms with Crippen molar-refractivity contribution in [1.29, 1.82) is 5.39 Å². The fourth-order valence-electron chi connectivity index (χ4n) is 1.83. The fourth-order valence-corrected chi connectivity index (χ4v) is 2.76. The van der Waals surface area contributed by atoms with Crippen molar-refractivity contribution in [3.05, 3.63) is 48.0 Å². The smallest absolute Gasteiger partial charge is 0.212 e. The topological polar surface area (TPSA) is 66.0 Å². The molecule has 116 valence electrons. The van der Waals surface area contributed by atoms with Gasteiger partial charge in [-0.2, -0.15) is 0 Å². The zero-order chi connectivity index (χ0) is 16.4. The maximum absolute atomic E-state index is 6.25. The van der Waals surface area contributed by atoms with Gasteiger partial charge in [-0.3, -0.25) is 0 Å². The molecule has 0 bridgehead atoms. The number of aryl methyl sites for hydroxylation is 1. The molecule has 0 aliphatic rings. The number of rotatable bonds is 6. The Morgan fingerprint density at radius 1 is 0.955 bits per heavy atom. The number of ether oxygens (including phenoxy) is 2. The minimum Gasteiger partial charge on any atom is -0.494 e. The van der Waals surface area contributed by atoms with Crippen molar-refractivity contribution in [2.75, 3.05) is 13.2 Å². The number of nitrogens with one attached hydrogen (secondary N) is 1. The zero-order valence-corrected chi connectivity index (χ0v) is 13.9. The van der Waals surface area contributed by atoms with Gasteiger partial charge in [0.2, 0.25) is 5.39 Å². The molecule has 0 saturated heterocycles. The molecule has 1 N–H and O–H groups in total. The van der Waals surface area contributed by atoms with Gasteiger partial charge in [-0.25, -0.2) is 0 Å². The lowest BCUT2D eigenvalue weighted by atomic mass is 10.2. The lowest BCUT2D eigenvalue weighted by Gasteiger charge is -2.12. The molecule has 0 aliphatic carbocycles. The van der Waals surface area contributed by atoms with Gasteiger partial charge in [0, 0.05) is 4.90 Å². The number of benzene rings is 2. The molecule has 0 aliphatic heterocycles. The molecule has 22 heavy (non-hydrogen) atoms. The summed E-state index contributed by atoms with van der Waals surface area (Å²) in [7, 11) is 0. The third kappa shape index (κ3) is 5.30. The molecule has 2 rings (SSSR count). The van der Waals surface area contributed by atoms with Crippen LogP contribution in [0.2, 0.25) is 0 Å². The van der Waals surface area contributed by atoms with Gasteiger partial charge >= 0.3 is 0 Å². The first-order chi connectivity index (χ1) is 10.7. The van der Waals surface area contributed by atoms with E-state index in [2.05, 4.69) is 31.2 Å². The van der Waals surface area contributed by atoms with Crippen LogP contribution >= 0.6 is 11.8 Å². The summed E-state index contributed by atoms with van der Waals surface area (Å²) in [5, 5.41) is 11.0. The third-order valence-corrected chi connectivity index (χ3v) is 3.82. The van der Waals surface area contributed by atoms with Gasteiger partial charge < -0.3 is 9.47 Å². The highest BCUT2D eigenvalue weighted by Gasteiger charge is 2.08. The minimum absolute atomic E-state index is 0.662. The molecular weight excluding hydrogens is 296 g/mol. The molecule has 4 nitrogen and oxygen atoms in total. The van der Waals surface area contributed by atoms with Gasteiger partial charge in [-0.15, -0.1) is 0 Å². The normalized spacial score (nSPS) is 9.50. The molecular formula is C17H21N2O2S+. The zero-order valence-electron chi connectivity index (χ0n) is 13.1. The minimum atomic E-state index is 0.662. The molecule has 0 saturated carbocycles. The van der Waals surface area contributed by atoms with E-state index < -0.39 is 0 Å². The average Bonchev–Trinajstić information content (AvgIpc) is 2.54. The van der Waals surface area contributed by atoms with Crippen molar-refractivity contribution in [3.63, 3.8) is 0 Å². The SMILES string of the molecule is CCOc1ccc(OCC)c(Sc2ccc(C)cc2)c1.N#[NH+]. The highest BCUT2D eigenvalue weighted by Crippen LogP contribution is 2.37. The van der Waals surface area contributed by atoms with Crippen molar-refractivity contribution in [1.82, 2.24) is 0 Å². The maximum Gasteiger partial charge on any atom is 0.212 e. The van der Waals surface area contributed by atoms with Gasteiger partial charge in [0.05, 0.1) is 23.5 Å². The Morgan fingerprint density at radius 3 is 2.18 bits per heavy atom. The summed E-state index contributed by atoms with van der Waals surface area (Å²) in [4.78, 5) is 2.28. The van der Waals surface area contributed by atoms with E-state index in [1.54, 1.807) is 11.8 Å². The van der Waals surface area contributed by atoms with E-state index in [0.717, 1.165) is 16.4 Å². The molecule has 0 aromatic heterocycles. The highest BCUT2D eigenvalue weighted by atomic mass is 32.2. The van der Waals surface area contributed by atoms with Gasteiger partial charge in [-0.05, 0) is 51.1 Å². The van der Waals surface area contributed by atoms with Crippen LogP contribution < -0.4 is 14.9 Å². The molecule has 0 fully saturated rings. The summed E-state index contributed by atoms with van der Waals surface area (Å²) in [5.41, 5.74) is 1.27. The van der Waals surface area contributed by atoms with Gasteiger partial charge in [-0.1, -0.05) is 29.5 Å². The molecule has 0 heterocycles. The van der Waals surface area contributed by atoms with Gasteiger partial charge in [0.25, 0.3) is 0 Å². The summed E-state index contributed by atoms with van der Waals surface area (Å²) >= 11 is 1.70. The Morgan fingerprint density at radius 2 is 1.59 bits per heavy atom. The Labute approximate surface area is 135 Å². The number of hydrogen-bond donors (Lipinski definition) is 1. The van der Waals surface area contributed by atoms with Crippen LogP contribution in [0.3, 0.4) is 0 Å². The van der Waals surface area contributed by atoms with E-state index >= 15 is 0 Å².